The SMILES string of the molecule is CCOCCn1c(=NC(=O)c2ccc(Br)s2)sc2cc([N+](=O)[O-])ccc21. The van der Waals surface area contributed by atoms with E-state index < -0.39 is 4.92 Å². The molecule has 0 saturated carbocycles. The fraction of sp³-hybridized carbons (Fsp3) is 0.250. The first-order valence-electron chi connectivity index (χ1n) is 7.69. The number of thiophene rings is 1. The molecule has 0 fully saturated rings. The zero-order chi connectivity index (χ0) is 18.7. The number of fused-ring (bicyclic) bond motifs is 1. The van der Waals surface area contributed by atoms with Gasteiger partial charge < -0.3 is 9.30 Å². The third-order valence-electron chi connectivity index (χ3n) is 3.52. The largest absolute Gasteiger partial charge is 0.380 e. The summed E-state index contributed by atoms with van der Waals surface area (Å²) in [6.45, 7) is 3.46. The van der Waals surface area contributed by atoms with E-state index in [2.05, 4.69) is 20.9 Å². The van der Waals surface area contributed by atoms with E-state index in [0.29, 0.717) is 34.1 Å². The summed E-state index contributed by atoms with van der Waals surface area (Å²) in [6, 6.07) is 8.14. The molecule has 26 heavy (non-hydrogen) atoms. The molecule has 10 heteroatoms. The van der Waals surface area contributed by atoms with E-state index in [1.165, 1.54) is 34.8 Å². The van der Waals surface area contributed by atoms with Crippen molar-refractivity contribution in [2.75, 3.05) is 13.2 Å². The van der Waals surface area contributed by atoms with E-state index in [9.17, 15) is 14.9 Å². The maximum absolute atomic E-state index is 12.4. The summed E-state index contributed by atoms with van der Waals surface area (Å²) >= 11 is 5.90. The molecule has 1 amide bonds. The Labute approximate surface area is 164 Å². The topological polar surface area (TPSA) is 86.7 Å². The number of rotatable bonds is 6. The molecule has 2 aromatic heterocycles. The Balaban J connectivity index is 2.09. The van der Waals surface area contributed by atoms with Crippen LogP contribution in [-0.4, -0.2) is 28.6 Å². The highest BCUT2D eigenvalue weighted by atomic mass is 79.9. The van der Waals surface area contributed by atoms with Gasteiger partial charge in [0.25, 0.3) is 11.6 Å². The minimum absolute atomic E-state index is 0.00997. The van der Waals surface area contributed by atoms with Crippen LogP contribution >= 0.6 is 38.6 Å². The van der Waals surface area contributed by atoms with Gasteiger partial charge in [-0.2, -0.15) is 4.99 Å². The number of carbonyl (C=O) groups excluding carboxylic acids is 1. The summed E-state index contributed by atoms with van der Waals surface area (Å²) in [5.74, 6) is -0.341. The van der Waals surface area contributed by atoms with E-state index >= 15 is 0 Å². The van der Waals surface area contributed by atoms with Gasteiger partial charge in [0, 0.05) is 25.3 Å². The number of thiazole rings is 1. The normalized spacial score (nSPS) is 12.0. The predicted molar refractivity (Wildman–Crippen MR) is 105 cm³/mol. The van der Waals surface area contributed by atoms with Crippen LogP contribution in [0.25, 0.3) is 10.2 Å². The van der Waals surface area contributed by atoms with Crippen molar-refractivity contribution < 1.29 is 14.5 Å². The highest BCUT2D eigenvalue weighted by Crippen LogP contribution is 2.24. The minimum Gasteiger partial charge on any atom is -0.380 e. The lowest BCUT2D eigenvalue weighted by Crippen LogP contribution is -2.19. The Morgan fingerprint density at radius 1 is 1.35 bits per heavy atom. The lowest BCUT2D eigenvalue weighted by molar-refractivity contribution is -0.384. The maximum atomic E-state index is 12.4. The van der Waals surface area contributed by atoms with Crippen molar-refractivity contribution in [3.8, 4) is 0 Å². The van der Waals surface area contributed by atoms with Gasteiger partial charge in [-0.15, -0.1) is 11.3 Å². The number of ether oxygens (including phenoxy) is 1. The Morgan fingerprint density at radius 3 is 2.81 bits per heavy atom. The molecule has 0 spiro atoms. The molecule has 0 aliphatic carbocycles. The second-order valence-electron chi connectivity index (χ2n) is 5.16. The van der Waals surface area contributed by atoms with Crippen LogP contribution in [0.15, 0.2) is 39.1 Å². The summed E-state index contributed by atoms with van der Waals surface area (Å²) in [5, 5.41) is 11.0. The maximum Gasteiger partial charge on any atom is 0.289 e. The van der Waals surface area contributed by atoms with Gasteiger partial charge in [-0.3, -0.25) is 14.9 Å². The number of hydrogen-bond acceptors (Lipinski definition) is 6. The third-order valence-corrected chi connectivity index (χ3v) is 6.17. The molecule has 1 aromatic carbocycles. The number of halogens is 1. The number of non-ortho nitro benzene ring substituents is 1. The number of nitro benzene ring substituents is 1. The first kappa shape index (κ1) is 18.9. The lowest BCUT2D eigenvalue weighted by Gasteiger charge is -2.05. The number of nitrogens with zero attached hydrogens (tertiary/aromatic N) is 3. The average molecular weight is 456 g/mol. The number of aromatic nitrogens is 1. The van der Waals surface area contributed by atoms with Crippen molar-refractivity contribution >= 4 is 60.4 Å². The van der Waals surface area contributed by atoms with E-state index in [1.807, 2.05) is 11.5 Å². The molecular formula is C16H14BrN3O4S2. The number of benzene rings is 1. The Hall–Kier alpha value is -1.88. The third kappa shape index (κ3) is 4.09. The van der Waals surface area contributed by atoms with Gasteiger partial charge in [0.15, 0.2) is 4.80 Å². The molecule has 3 aromatic rings. The number of nitro groups is 1. The summed E-state index contributed by atoms with van der Waals surface area (Å²) in [5.41, 5.74) is 0.801. The number of carbonyl (C=O) groups is 1. The van der Waals surface area contributed by atoms with Gasteiger partial charge in [0.05, 0.1) is 30.4 Å². The lowest BCUT2D eigenvalue weighted by atomic mass is 10.3. The molecule has 136 valence electrons. The Kier molecular flexibility index (Phi) is 5.97. The van der Waals surface area contributed by atoms with Crippen LogP contribution in [0.2, 0.25) is 0 Å². The van der Waals surface area contributed by atoms with Crippen molar-refractivity contribution in [1.29, 1.82) is 0 Å². The van der Waals surface area contributed by atoms with Crippen molar-refractivity contribution in [1.82, 2.24) is 4.57 Å². The first-order chi connectivity index (χ1) is 12.5. The van der Waals surface area contributed by atoms with Gasteiger partial charge in [0.2, 0.25) is 0 Å². The zero-order valence-corrected chi connectivity index (χ0v) is 16.9. The summed E-state index contributed by atoms with van der Waals surface area (Å²) in [6.07, 6.45) is 0. The summed E-state index contributed by atoms with van der Waals surface area (Å²) in [7, 11) is 0. The second-order valence-corrected chi connectivity index (χ2v) is 8.64. The van der Waals surface area contributed by atoms with Gasteiger partial charge in [-0.25, -0.2) is 0 Å². The monoisotopic (exact) mass is 455 g/mol. The molecule has 0 radical (unpaired) electrons. The molecule has 0 N–H and O–H groups in total. The standard InChI is InChI=1S/C16H14BrN3O4S2/c1-2-24-8-7-19-11-4-3-10(20(22)23)9-13(11)26-16(19)18-15(21)12-5-6-14(17)25-12/h3-6,9H,2,7-8H2,1H3. The smallest absolute Gasteiger partial charge is 0.289 e. The fourth-order valence-corrected chi connectivity index (χ4v) is 4.71. The summed E-state index contributed by atoms with van der Waals surface area (Å²) in [4.78, 5) is 28.3. The van der Waals surface area contributed by atoms with Gasteiger partial charge in [-0.1, -0.05) is 11.3 Å². The second kappa shape index (κ2) is 8.21. The Morgan fingerprint density at radius 2 is 2.15 bits per heavy atom. The molecule has 0 unspecified atom stereocenters. The first-order valence-corrected chi connectivity index (χ1v) is 10.1. The van der Waals surface area contributed by atoms with Crippen molar-refractivity contribution in [2.45, 2.75) is 13.5 Å². The molecule has 3 rings (SSSR count). The van der Waals surface area contributed by atoms with Gasteiger partial charge in [0.1, 0.15) is 0 Å². The van der Waals surface area contributed by atoms with Crippen LogP contribution in [0.1, 0.15) is 16.6 Å². The molecule has 0 bridgehead atoms. The molecule has 0 saturated heterocycles. The molecule has 0 aliphatic rings. The number of amides is 1. The van der Waals surface area contributed by atoms with Crippen molar-refractivity contribution in [2.24, 2.45) is 4.99 Å². The van der Waals surface area contributed by atoms with E-state index in [0.717, 1.165) is 9.30 Å². The Bertz CT molecular complexity index is 1040. The molecular weight excluding hydrogens is 442 g/mol. The van der Waals surface area contributed by atoms with Crippen LogP contribution in [0.5, 0.6) is 0 Å². The molecule has 2 heterocycles. The van der Waals surface area contributed by atoms with Crippen LogP contribution in [0, 0.1) is 10.1 Å². The van der Waals surface area contributed by atoms with Gasteiger partial charge in [-0.05, 0) is 41.1 Å². The van der Waals surface area contributed by atoms with E-state index in [4.69, 9.17) is 4.74 Å². The van der Waals surface area contributed by atoms with E-state index in [1.54, 1.807) is 18.2 Å². The van der Waals surface area contributed by atoms with Crippen molar-refractivity contribution in [3.63, 3.8) is 0 Å². The predicted octanol–water partition coefficient (Wildman–Crippen LogP) is 4.21. The highest BCUT2D eigenvalue weighted by molar-refractivity contribution is 9.11. The minimum atomic E-state index is -0.436. The van der Waals surface area contributed by atoms with Crippen molar-refractivity contribution in [3.05, 3.63) is 53.9 Å². The zero-order valence-electron chi connectivity index (χ0n) is 13.7. The highest BCUT2D eigenvalue weighted by Gasteiger charge is 2.14. The quantitative estimate of drug-likeness (QED) is 0.316. The summed E-state index contributed by atoms with van der Waals surface area (Å²) < 4.78 is 8.83. The van der Waals surface area contributed by atoms with E-state index in [-0.39, 0.29) is 11.6 Å². The molecule has 7 nitrogen and oxygen atoms in total. The van der Waals surface area contributed by atoms with Crippen LogP contribution in [0.3, 0.4) is 0 Å². The average Bonchev–Trinajstić information content (AvgIpc) is 3.18. The van der Waals surface area contributed by atoms with Crippen LogP contribution < -0.4 is 4.80 Å². The fourth-order valence-electron chi connectivity index (χ4n) is 2.35. The number of hydrogen-bond donors (Lipinski definition) is 0. The van der Waals surface area contributed by atoms with Crippen LogP contribution in [-0.2, 0) is 11.3 Å². The van der Waals surface area contributed by atoms with Crippen LogP contribution in [0.4, 0.5) is 5.69 Å². The molecule has 0 atom stereocenters. The van der Waals surface area contributed by atoms with Gasteiger partial charge >= 0.3 is 0 Å². The molecule has 0 aliphatic heterocycles.